The number of furan rings is 1. The molecule has 2 aromatic rings. The predicted octanol–water partition coefficient (Wildman–Crippen LogP) is 2.23. The lowest BCUT2D eigenvalue weighted by Gasteiger charge is -2.18. The van der Waals surface area contributed by atoms with Crippen molar-refractivity contribution in [3.8, 4) is 0 Å². The zero-order valence-electron chi connectivity index (χ0n) is 12.8. The number of amides is 1. The highest BCUT2D eigenvalue weighted by molar-refractivity contribution is 7.89. The molecule has 6 nitrogen and oxygen atoms in total. The molecule has 1 aromatic carbocycles. The molecule has 0 radical (unpaired) electrons. The molecule has 1 aliphatic rings. The average Bonchev–Trinajstić information content (AvgIpc) is 3.19. The molecule has 1 amide bonds. The summed E-state index contributed by atoms with van der Waals surface area (Å²) in [4.78, 5) is 13.6. The van der Waals surface area contributed by atoms with Crippen LogP contribution in [0, 0.1) is 0 Å². The molecule has 23 heavy (non-hydrogen) atoms. The Balaban J connectivity index is 1.78. The van der Waals surface area contributed by atoms with Gasteiger partial charge in [-0.15, -0.1) is 0 Å². The normalized spacial score (nSPS) is 15.6. The van der Waals surface area contributed by atoms with Gasteiger partial charge >= 0.3 is 0 Å². The first-order valence-corrected chi connectivity index (χ1v) is 8.81. The van der Waals surface area contributed by atoms with Crippen molar-refractivity contribution in [1.29, 1.82) is 0 Å². The molecule has 1 saturated heterocycles. The van der Waals surface area contributed by atoms with Crippen LogP contribution in [0.3, 0.4) is 0 Å². The highest BCUT2D eigenvalue weighted by atomic mass is 32.2. The minimum atomic E-state index is -3.60. The van der Waals surface area contributed by atoms with Crippen molar-refractivity contribution in [1.82, 2.24) is 4.31 Å². The van der Waals surface area contributed by atoms with E-state index in [2.05, 4.69) is 0 Å². The van der Waals surface area contributed by atoms with Gasteiger partial charge in [-0.2, -0.15) is 4.31 Å². The van der Waals surface area contributed by atoms with Crippen LogP contribution in [0.25, 0.3) is 0 Å². The fourth-order valence-corrected chi connectivity index (χ4v) is 3.74. The zero-order valence-corrected chi connectivity index (χ0v) is 13.6. The van der Waals surface area contributed by atoms with Crippen molar-refractivity contribution < 1.29 is 17.6 Å². The third-order valence-corrected chi connectivity index (χ3v) is 5.71. The Morgan fingerprint density at radius 3 is 2.52 bits per heavy atom. The molecule has 122 valence electrons. The van der Waals surface area contributed by atoms with E-state index >= 15 is 0 Å². The summed E-state index contributed by atoms with van der Waals surface area (Å²) in [5.74, 6) is 0.658. The standard InChI is InChI=1S/C16H18N2O4S/c1-17(12-14-4-3-11-22-14)23(20,21)15-8-6-13(7-9-15)18-10-2-5-16(18)19/h3-4,6-9,11H,2,5,10,12H2,1H3. The maximum atomic E-state index is 12.6. The predicted molar refractivity (Wildman–Crippen MR) is 85.4 cm³/mol. The van der Waals surface area contributed by atoms with E-state index < -0.39 is 10.0 Å². The molecule has 0 atom stereocenters. The lowest BCUT2D eigenvalue weighted by Crippen LogP contribution is -2.27. The first-order valence-electron chi connectivity index (χ1n) is 7.37. The third kappa shape index (κ3) is 3.16. The summed E-state index contributed by atoms with van der Waals surface area (Å²) in [6, 6.07) is 9.88. The Hall–Kier alpha value is -2.12. The number of carbonyl (C=O) groups is 1. The van der Waals surface area contributed by atoms with Gasteiger partial charge in [0.2, 0.25) is 15.9 Å². The second-order valence-electron chi connectivity index (χ2n) is 5.48. The van der Waals surface area contributed by atoms with Gasteiger partial charge in [-0.25, -0.2) is 8.42 Å². The van der Waals surface area contributed by atoms with Gasteiger partial charge < -0.3 is 9.32 Å². The highest BCUT2D eigenvalue weighted by Gasteiger charge is 2.24. The van der Waals surface area contributed by atoms with Crippen LogP contribution in [-0.2, 0) is 21.4 Å². The van der Waals surface area contributed by atoms with Crippen LogP contribution >= 0.6 is 0 Å². The topological polar surface area (TPSA) is 70.8 Å². The van der Waals surface area contributed by atoms with Gasteiger partial charge in [-0.3, -0.25) is 4.79 Å². The smallest absolute Gasteiger partial charge is 0.243 e. The van der Waals surface area contributed by atoms with Crippen LogP contribution in [0.2, 0.25) is 0 Å². The van der Waals surface area contributed by atoms with Gasteiger partial charge in [0.05, 0.1) is 17.7 Å². The molecule has 0 saturated carbocycles. The Labute approximate surface area is 135 Å². The first kappa shape index (κ1) is 15.8. The zero-order chi connectivity index (χ0) is 16.4. The minimum absolute atomic E-state index is 0.0792. The molecule has 0 unspecified atom stereocenters. The molecule has 0 bridgehead atoms. The monoisotopic (exact) mass is 334 g/mol. The summed E-state index contributed by atoms with van der Waals surface area (Å²) in [5.41, 5.74) is 0.736. The highest BCUT2D eigenvalue weighted by Crippen LogP contribution is 2.24. The molecule has 0 aliphatic carbocycles. The first-order chi connectivity index (χ1) is 11.0. The molecular formula is C16H18N2O4S. The minimum Gasteiger partial charge on any atom is -0.468 e. The second kappa shape index (κ2) is 6.17. The number of hydrogen-bond donors (Lipinski definition) is 0. The fourth-order valence-electron chi connectivity index (χ4n) is 2.61. The molecule has 3 rings (SSSR count). The fraction of sp³-hybridized carbons (Fsp3) is 0.312. The van der Waals surface area contributed by atoms with Crippen LogP contribution in [0.15, 0.2) is 52.0 Å². The van der Waals surface area contributed by atoms with Crippen molar-refractivity contribution >= 4 is 21.6 Å². The maximum absolute atomic E-state index is 12.6. The van der Waals surface area contributed by atoms with Crippen molar-refractivity contribution in [3.05, 3.63) is 48.4 Å². The van der Waals surface area contributed by atoms with Gasteiger partial charge in [0, 0.05) is 25.7 Å². The summed E-state index contributed by atoms with van der Waals surface area (Å²) in [6.07, 6.45) is 2.90. The van der Waals surface area contributed by atoms with E-state index in [0.29, 0.717) is 18.7 Å². The molecule has 1 aliphatic heterocycles. The van der Waals surface area contributed by atoms with Crippen LogP contribution in [0.5, 0.6) is 0 Å². The Morgan fingerprint density at radius 1 is 1.22 bits per heavy atom. The molecule has 7 heteroatoms. The number of sulfonamides is 1. The maximum Gasteiger partial charge on any atom is 0.243 e. The number of nitrogens with zero attached hydrogens (tertiary/aromatic N) is 2. The van der Waals surface area contributed by atoms with Crippen molar-refractivity contribution in [2.75, 3.05) is 18.5 Å². The summed E-state index contributed by atoms with van der Waals surface area (Å²) in [7, 11) is -2.09. The van der Waals surface area contributed by atoms with E-state index in [1.165, 1.54) is 29.7 Å². The van der Waals surface area contributed by atoms with Crippen LogP contribution < -0.4 is 4.90 Å². The molecule has 1 aromatic heterocycles. The van der Waals surface area contributed by atoms with Gasteiger partial charge in [0.15, 0.2) is 0 Å². The number of carbonyl (C=O) groups excluding carboxylic acids is 1. The average molecular weight is 334 g/mol. The molecule has 0 N–H and O–H groups in total. The summed E-state index contributed by atoms with van der Waals surface area (Å²) in [5, 5.41) is 0. The lowest BCUT2D eigenvalue weighted by molar-refractivity contribution is -0.117. The second-order valence-corrected chi connectivity index (χ2v) is 7.53. The Bertz CT molecular complexity index is 782. The van der Waals surface area contributed by atoms with E-state index in [4.69, 9.17) is 4.42 Å². The van der Waals surface area contributed by atoms with E-state index in [1.54, 1.807) is 29.2 Å². The summed E-state index contributed by atoms with van der Waals surface area (Å²) >= 11 is 0. The van der Waals surface area contributed by atoms with Crippen molar-refractivity contribution in [3.63, 3.8) is 0 Å². The molecule has 1 fully saturated rings. The molecular weight excluding hydrogens is 316 g/mol. The van der Waals surface area contributed by atoms with Crippen LogP contribution in [-0.4, -0.2) is 32.2 Å². The van der Waals surface area contributed by atoms with Crippen LogP contribution in [0.1, 0.15) is 18.6 Å². The van der Waals surface area contributed by atoms with Gasteiger partial charge in [0.25, 0.3) is 0 Å². The molecule has 0 spiro atoms. The van der Waals surface area contributed by atoms with E-state index in [1.807, 2.05) is 0 Å². The van der Waals surface area contributed by atoms with Crippen LogP contribution in [0.4, 0.5) is 5.69 Å². The number of rotatable bonds is 5. The quantitative estimate of drug-likeness (QED) is 0.841. The van der Waals surface area contributed by atoms with Crippen molar-refractivity contribution in [2.45, 2.75) is 24.3 Å². The largest absolute Gasteiger partial charge is 0.468 e. The van der Waals surface area contributed by atoms with E-state index in [9.17, 15) is 13.2 Å². The van der Waals surface area contributed by atoms with Crippen molar-refractivity contribution in [2.24, 2.45) is 0 Å². The van der Waals surface area contributed by atoms with Gasteiger partial charge in [-0.05, 0) is 42.8 Å². The summed E-state index contributed by atoms with van der Waals surface area (Å²) in [6.45, 7) is 0.852. The van der Waals surface area contributed by atoms with E-state index in [-0.39, 0.29) is 17.3 Å². The number of benzene rings is 1. The van der Waals surface area contributed by atoms with Gasteiger partial charge in [0.1, 0.15) is 5.76 Å². The summed E-state index contributed by atoms with van der Waals surface area (Å²) < 4.78 is 31.5. The number of hydrogen-bond acceptors (Lipinski definition) is 4. The van der Waals surface area contributed by atoms with E-state index in [0.717, 1.165) is 12.1 Å². The molecule has 2 heterocycles. The van der Waals surface area contributed by atoms with Gasteiger partial charge in [-0.1, -0.05) is 0 Å². The third-order valence-electron chi connectivity index (χ3n) is 3.89. The number of anilines is 1. The Kier molecular flexibility index (Phi) is 4.23. The Morgan fingerprint density at radius 2 is 1.96 bits per heavy atom. The SMILES string of the molecule is CN(Cc1ccco1)S(=O)(=O)c1ccc(N2CCCC2=O)cc1. The lowest BCUT2D eigenvalue weighted by atomic mass is 10.3.